The average Bonchev–Trinajstić information content (AvgIpc) is 2.79. The van der Waals surface area contributed by atoms with E-state index in [0.29, 0.717) is 0 Å². The molecule has 0 atom stereocenters. The van der Waals surface area contributed by atoms with Crippen molar-refractivity contribution in [3.8, 4) is 0 Å². The van der Waals surface area contributed by atoms with E-state index in [-0.39, 0.29) is 0 Å². The summed E-state index contributed by atoms with van der Waals surface area (Å²) in [5.74, 6) is 0. The van der Waals surface area contributed by atoms with Crippen LogP contribution in [0.4, 0.5) is 5.69 Å². The fraction of sp³-hybridized carbons (Fsp3) is 0.231. The Bertz CT molecular complexity index is 898. The van der Waals surface area contributed by atoms with Crippen molar-refractivity contribution < 1.29 is 0 Å². The fourth-order valence-electron chi connectivity index (χ4n) is 3.41. The Hall–Kier alpha value is -2.36. The molecule has 3 heteroatoms. The summed E-state index contributed by atoms with van der Waals surface area (Å²) in [7, 11) is 0. The molecule has 1 N–H and O–H groups in total. The molecular formula is C26H29BrN2. The molecule has 0 aromatic heterocycles. The van der Waals surface area contributed by atoms with Crippen molar-refractivity contribution in [1.82, 2.24) is 4.90 Å². The van der Waals surface area contributed by atoms with Crippen LogP contribution in [0.2, 0.25) is 0 Å². The molecule has 0 aliphatic rings. The number of hydrogen-bond donors (Lipinski definition) is 1. The third-order valence-electron chi connectivity index (χ3n) is 5.13. The Balaban J connectivity index is 1.86. The predicted octanol–water partition coefficient (Wildman–Crippen LogP) is 6.75. The van der Waals surface area contributed by atoms with Crippen molar-refractivity contribution >= 4 is 31.7 Å². The minimum atomic E-state index is 0.954. The number of benzene rings is 3. The van der Waals surface area contributed by atoms with Gasteiger partial charge in [-0.3, -0.25) is 0 Å². The van der Waals surface area contributed by atoms with Crippen molar-refractivity contribution in [1.29, 1.82) is 0 Å². The Labute approximate surface area is 183 Å². The van der Waals surface area contributed by atoms with Gasteiger partial charge in [0.1, 0.15) is 0 Å². The highest BCUT2D eigenvalue weighted by Gasteiger charge is 2.12. The molecule has 0 amide bonds. The first-order chi connectivity index (χ1) is 14.2. The monoisotopic (exact) mass is 448 g/mol. The lowest BCUT2D eigenvalue weighted by atomic mass is 9.95. The molecule has 0 bridgehead atoms. The van der Waals surface area contributed by atoms with Gasteiger partial charge >= 0.3 is 0 Å². The smallest absolute Gasteiger partial charge is 0.0341 e. The van der Waals surface area contributed by atoms with Crippen LogP contribution < -0.4 is 5.32 Å². The summed E-state index contributed by atoms with van der Waals surface area (Å²) in [6.45, 7) is 8.62. The summed E-state index contributed by atoms with van der Waals surface area (Å²) >= 11 is 3.88. The molecule has 0 aliphatic carbocycles. The van der Waals surface area contributed by atoms with E-state index in [2.05, 4.69) is 119 Å². The lowest BCUT2D eigenvalue weighted by Gasteiger charge is -2.18. The number of nitrogens with zero attached hydrogens (tertiary/aromatic N) is 1. The Morgan fingerprint density at radius 2 is 1.24 bits per heavy atom. The van der Waals surface area contributed by atoms with Gasteiger partial charge < -0.3 is 10.2 Å². The first kappa shape index (κ1) is 21.4. The highest BCUT2D eigenvalue weighted by atomic mass is 79.9. The Morgan fingerprint density at radius 1 is 0.724 bits per heavy atom. The number of hydrogen-bond acceptors (Lipinski definition) is 2. The maximum Gasteiger partial charge on any atom is 0.0341 e. The van der Waals surface area contributed by atoms with Gasteiger partial charge in [0.15, 0.2) is 0 Å². The van der Waals surface area contributed by atoms with E-state index in [1.165, 1.54) is 22.3 Å². The minimum absolute atomic E-state index is 0.954. The standard InChI is InChI=1S/C26H29BrN2/c1-3-29(4-2)20-19-28-24-17-15-22(16-18-24)25(21-11-7-5-8-12-21)26(27)23-13-9-6-10-14-23/h5-18,28H,3-4,19-20H2,1-2H3/b26-25-. The van der Waals surface area contributed by atoms with Gasteiger partial charge in [0, 0.05) is 28.8 Å². The molecular weight excluding hydrogens is 420 g/mol. The van der Waals surface area contributed by atoms with Gasteiger partial charge in [0.25, 0.3) is 0 Å². The van der Waals surface area contributed by atoms with Gasteiger partial charge in [-0.2, -0.15) is 0 Å². The number of anilines is 1. The van der Waals surface area contributed by atoms with E-state index in [4.69, 9.17) is 0 Å². The molecule has 150 valence electrons. The average molecular weight is 449 g/mol. The van der Waals surface area contributed by atoms with Crippen LogP contribution in [-0.4, -0.2) is 31.1 Å². The van der Waals surface area contributed by atoms with Crippen molar-refractivity contribution in [3.63, 3.8) is 0 Å². The second-order valence-corrected chi connectivity index (χ2v) is 7.75. The summed E-state index contributed by atoms with van der Waals surface area (Å²) < 4.78 is 1.10. The Morgan fingerprint density at radius 3 is 1.79 bits per heavy atom. The van der Waals surface area contributed by atoms with E-state index >= 15 is 0 Å². The summed E-state index contributed by atoms with van der Waals surface area (Å²) in [6.07, 6.45) is 0. The van der Waals surface area contributed by atoms with Gasteiger partial charge in [-0.15, -0.1) is 0 Å². The van der Waals surface area contributed by atoms with Crippen molar-refractivity contribution in [3.05, 3.63) is 102 Å². The van der Waals surface area contributed by atoms with Crippen LogP contribution in [0.1, 0.15) is 30.5 Å². The number of nitrogens with one attached hydrogen (secondary N) is 1. The molecule has 0 fully saturated rings. The third kappa shape index (κ3) is 5.81. The van der Waals surface area contributed by atoms with Gasteiger partial charge in [-0.25, -0.2) is 0 Å². The molecule has 3 aromatic rings. The Kier molecular flexibility index (Phi) is 8.09. The van der Waals surface area contributed by atoms with Crippen molar-refractivity contribution in [2.75, 3.05) is 31.5 Å². The summed E-state index contributed by atoms with van der Waals surface area (Å²) in [5, 5.41) is 3.54. The fourth-order valence-corrected chi connectivity index (χ4v) is 4.13. The molecule has 0 saturated heterocycles. The highest BCUT2D eigenvalue weighted by molar-refractivity contribution is 9.15. The lowest BCUT2D eigenvalue weighted by Crippen LogP contribution is -2.28. The number of rotatable bonds is 9. The van der Waals surface area contributed by atoms with Crippen LogP contribution in [0, 0.1) is 0 Å². The summed E-state index contributed by atoms with van der Waals surface area (Å²) in [5.41, 5.74) is 5.93. The van der Waals surface area contributed by atoms with Gasteiger partial charge in [0.2, 0.25) is 0 Å². The van der Waals surface area contributed by atoms with Crippen LogP contribution in [0.3, 0.4) is 0 Å². The lowest BCUT2D eigenvalue weighted by molar-refractivity contribution is 0.316. The van der Waals surface area contributed by atoms with E-state index in [1.54, 1.807) is 0 Å². The van der Waals surface area contributed by atoms with E-state index in [9.17, 15) is 0 Å². The molecule has 0 heterocycles. The minimum Gasteiger partial charge on any atom is -0.384 e. The zero-order valence-corrected chi connectivity index (χ0v) is 18.8. The first-order valence-corrected chi connectivity index (χ1v) is 11.1. The predicted molar refractivity (Wildman–Crippen MR) is 130 cm³/mol. The quantitative estimate of drug-likeness (QED) is 0.364. The number of halogens is 1. The van der Waals surface area contributed by atoms with Gasteiger partial charge in [-0.05, 0) is 57.8 Å². The van der Waals surface area contributed by atoms with Crippen LogP contribution in [0.15, 0.2) is 84.9 Å². The third-order valence-corrected chi connectivity index (χ3v) is 5.99. The van der Waals surface area contributed by atoms with Crippen LogP contribution in [0.25, 0.3) is 10.1 Å². The second-order valence-electron chi connectivity index (χ2n) is 6.95. The molecule has 0 spiro atoms. The molecule has 2 nitrogen and oxygen atoms in total. The molecule has 3 rings (SSSR count). The van der Waals surface area contributed by atoms with Crippen molar-refractivity contribution in [2.24, 2.45) is 0 Å². The summed E-state index contributed by atoms with van der Waals surface area (Å²) in [4.78, 5) is 2.43. The van der Waals surface area contributed by atoms with Crippen molar-refractivity contribution in [2.45, 2.75) is 13.8 Å². The van der Waals surface area contributed by atoms with E-state index in [1.807, 2.05) is 6.07 Å². The normalized spacial score (nSPS) is 12.0. The molecule has 0 unspecified atom stereocenters. The first-order valence-electron chi connectivity index (χ1n) is 10.3. The maximum atomic E-state index is 3.88. The summed E-state index contributed by atoms with van der Waals surface area (Å²) in [6, 6.07) is 29.8. The molecule has 0 radical (unpaired) electrons. The molecule has 3 aromatic carbocycles. The largest absolute Gasteiger partial charge is 0.384 e. The second kappa shape index (κ2) is 11.0. The highest BCUT2D eigenvalue weighted by Crippen LogP contribution is 2.36. The maximum absolute atomic E-state index is 3.88. The molecule has 29 heavy (non-hydrogen) atoms. The van der Waals surface area contributed by atoms with Gasteiger partial charge in [0.05, 0.1) is 0 Å². The topological polar surface area (TPSA) is 15.3 Å². The van der Waals surface area contributed by atoms with E-state index < -0.39 is 0 Å². The SMILES string of the molecule is CCN(CC)CCNc1ccc(/C(=C(\Br)c2ccccc2)c2ccccc2)cc1. The van der Waals surface area contributed by atoms with Gasteiger partial charge in [-0.1, -0.05) is 86.6 Å². The van der Waals surface area contributed by atoms with Crippen LogP contribution in [0.5, 0.6) is 0 Å². The zero-order chi connectivity index (χ0) is 20.5. The van der Waals surface area contributed by atoms with Crippen LogP contribution in [-0.2, 0) is 0 Å². The van der Waals surface area contributed by atoms with E-state index in [0.717, 1.165) is 36.3 Å². The zero-order valence-electron chi connectivity index (χ0n) is 17.2. The molecule has 0 aliphatic heterocycles. The number of likely N-dealkylation sites (N-methyl/N-ethyl adjacent to an activating group) is 1. The molecule has 0 saturated carbocycles. The van der Waals surface area contributed by atoms with Crippen LogP contribution >= 0.6 is 15.9 Å².